The first kappa shape index (κ1) is 20.1. The molecule has 8 nitrogen and oxygen atoms in total. The molecule has 8 heteroatoms. The molecule has 152 valence electrons. The van der Waals surface area contributed by atoms with Gasteiger partial charge in [0.05, 0.1) is 24.9 Å². The smallest absolute Gasteiger partial charge is 0.256 e. The van der Waals surface area contributed by atoms with E-state index in [2.05, 4.69) is 15.6 Å². The molecule has 0 bridgehead atoms. The quantitative estimate of drug-likeness (QED) is 0.770. The van der Waals surface area contributed by atoms with Gasteiger partial charge in [0.1, 0.15) is 5.54 Å². The lowest BCUT2D eigenvalue weighted by atomic mass is 10.0. The molecule has 0 atom stereocenters. The molecule has 1 saturated carbocycles. The Morgan fingerprint density at radius 3 is 2.61 bits per heavy atom. The number of carbonyl (C=O) groups excluding carboxylic acids is 3. The van der Waals surface area contributed by atoms with Gasteiger partial charge in [-0.2, -0.15) is 0 Å². The number of hydrogen-bond donors (Lipinski definition) is 2. The molecule has 2 heterocycles. The maximum atomic E-state index is 12.9. The maximum absolute atomic E-state index is 12.9. The van der Waals surface area contributed by atoms with Gasteiger partial charge < -0.3 is 20.3 Å². The molecule has 1 aliphatic carbocycles. The van der Waals surface area contributed by atoms with Crippen molar-refractivity contribution in [1.82, 2.24) is 20.5 Å². The van der Waals surface area contributed by atoms with Crippen LogP contribution in [0.1, 0.15) is 68.1 Å². The molecule has 0 saturated heterocycles. The number of fused-ring (bicyclic) bond motifs is 1. The van der Waals surface area contributed by atoms with Crippen molar-refractivity contribution in [3.05, 3.63) is 22.9 Å². The monoisotopic (exact) mass is 388 g/mol. The summed E-state index contributed by atoms with van der Waals surface area (Å²) in [6.07, 6.45) is 4.39. The average Bonchev–Trinajstić information content (AvgIpc) is 3.26. The van der Waals surface area contributed by atoms with Crippen LogP contribution in [-0.2, 0) is 22.7 Å². The van der Waals surface area contributed by atoms with E-state index in [0.717, 1.165) is 31.4 Å². The Morgan fingerprint density at radius 2 is 2.00 bits per heavy atom. The van der Waals surface area contributed by atoms with E-state index in [0.29, 0.717) is 23.6 Å². The Labute approximate surface area is 165 Å². The molecule has 2 N–H and O–H groups in total. The molecule has 28 heavy (non-hydrogen) atoms. The van der Waals surface area contributed by atoms with Gasteiger partial charge in [-0.1, -0.05) is 12.8 Å². The van der Waals surface area contributed by atoms with E-state index in [-0.39, 0.29) is 30.3 Å². The summed E-state index contributed by atoms with van der Waals surface area (Å²) in [6, 6.07) is 2.05. The van der Waals surface area contributed by atoms with E-state index in [4.69, 9.17) is 4.74 Å². The van der Waals surface area contributed by atoms with Crippen LogP contribution in [0.25, 0.3) is 0 Å². The van der Waals surface area contributed by atoms with Gasteiger partial charge in [0, 0.05) is 25.1 Å². The zero-order valence-electron chi connectivity index (χ0n) is 16.9. The number of methoxy groups -OCH3 is 1. The molecule has 0 spiro atoms. The van der Waals surface area contributed by atoms with Gasteiger partial charge in [0.2, 0.25) is 17.7 Å². The predicted molar refractivity (Wildman–Crippen MR) is 103 cm³/mol. The van der Waals surface area contributed by atoms with E-state index in [9.17, 15) is 14.4 Å². The lowest BCUT2D eigenvalue weighted by molar-refractivity contribution is -0.131. The summed E-state index contributed by atoms with van der Waals surface area (Å²) in [5.41, 5.74) is 0.897. The fraction of sp³-hybridized carbons (Fsp3) is 0.600. The van der Waals surface area contributed by atoms with Crippen molar-refractivity contribution in [2.24, 2.45) is 0 Å². The number of carbonyl (C=O) groups is 3. The predicted octanol–water partition coefficient (Wildman–Crippen LogP) is 1.52. The van der Waals surface area contributed by atoms with Crippen LogP contribution in [0.3, 0.4) is 0 Å². The zero-order valence-corrected chi connectivity index (χ0v) is 16.9. The maximum Gasteiger partial charge on any atom is 0.256 e. The highest BCUT2D eigenvalue weighted by atomic mass is 16.5. The minimum Gasteiger partial charge on any atom is -0.481 e. The summed E-state index contributed by atoms with van der Waals surface area (Å²) in [5.74, 6) is -0.209. The fourth-order valence-corrected chi connectivity index (χ4v) is 3.98. The van der Waals surface area contributed by atoms with Gasteiger partial charge >= 0.3 is 0 Å². The summed E-state index contributed by atoms with van der Waals surface area (Å²) in [5, 5.41) is 5.40. The summed E-state index contributed by atoms with van der Waals surface area (Å²) >= 11 is 0. The van der Waals surface area contributed by atoms with Crippen molar-refractivity contribution in [3.63, 3.8) is 0 Å². The van der Waals surface area contributed by atoms with Crippen molar-refractivity contribution in [3.8, 4) is 5.88 Å². The van der Waals surface area contributed by atoms with Gasteiger partial charge in [-0.05, 0) is 32.8 Å². The molecule has 0 unspecified atom stereocenters. The van der Waals surface area contributed by atoms with Crippen molar-refractivity contribution >= 4 is 17.7 Å². The fourth-order valence-electron chi connectivity index (χ4n) is 3.98. The lowest BCUT2D eigenvalue weighted by Crippen LogP contribution is -2.54. The van der Waals surface area contributed by atoms with E-state index in [1.807, 2.05) is 4.90 Å². The van der Waals surface area contributed by atoms with Gasteiger partial charge in [0.15, 0.2) is 0 Å². The molecule has 1 aromatic heterocycles. The molecular weight excluding hydrogens is 360 g/mol. The van der Waals surface area contributed by atoms with Crippen LogP contribution in [-0.4, -0.2) is 46.3 Å². The average molecular weight is 388 g/mol. The van der Waals surface area contributed by atoms with Crippen LogP contribution in [0, 0.1) is 0 Å². The second-order valence-corrected chi connectivity index (χ2v) is 8.01. The summed E-state index contributed by atoms with van der Waals surface area (Å²) < 4.78 is 5.39. The number of aromatic nitrogens is 1. The van der Waals surface area contributed by atoms with Crippen molar-refractivity contribution in [1.29, 1.82) is 0 Å². The normalized spacial score (nSPS) is 16.9. The number of pyridine rings is 1. The highest BCUT2D eigenvalue weighted by Crippen LogP contribution is 2.33. The Morgan fingerprint density at radius 1 is 1.32 bits per heavy atom. The zero-order chi connectivity index (χ0) is 20.5. The Bertz CT molecular complexity index is 800. The Hall–Kier alpha value is -2.64. The molecule has 3 rings (SSSR count). The van der Waals surface area contributed by atoms with Crippen molar-refractivity contribution in [2.45, 2.75) is 71.1 Å². The number of amides is 3. The van der Waals surface area contributed by atoms with Gasteiger partial charge in [-0.25, -0.2) is 4.98 Å². The topological polar surface area (TPSA) is 101 Å². The Balaban J connectivity index is 1.76. The minimum atomic E-state index is -1.04. The molecule has 1 fully saturated rings. The van der Waals surface area contributed by atoms with Crippen LogP contribution in [0.2, 0.25) is 0 Å². The van der Waals surface area contributed by atoms with Gasteiger partial charge in [0.25, 0.3) is 5.91 Å². The first-order valence-electron chi connectivity index (χ1n) is 9.67. The number of ether oxygens (including phenoxy) is 1. The van der Waals surface area contributed by atoms with Gasteiger partial charge in [-0.15, -0.1) is 0 Å². The van der Waals surface area contributed by atoms with Crippen LogP contribution >= 0.6 is 0 Å². The first-order chi connectivity index (χ1) is 13.2. The van der Waals surface area contributed by atoms with Gasteiger partial charge in [-0.3, -0.25) is 14.4 Å². The standard InChI is InChI=1S/C20H28N4O4/c1-12(25)23-20(2,3)19(27)21-10-13-9-15-16(22-17(13)28-4)11-24(18(15)26)14-7-5-6-8-14/h9,14H,5-8,10-11H2,1-4H3,(H,21,27)(H,23,25). The number of hydrogen-bond acceptors (Lipinski definition) is 5. The van der Waals surface area contributed by atoms with Crippen molar-refractivity contribution < 1.29 is 19.1 Å². The van der Waals surface area contributed by atoms with Crippen molar-refractivity contribution in [2.75, 3.05) is 7.11 Å². The number of rotatable bonds is 6. The molecular formula is C20H28N4O4. The second kappa shape index (κ2) is 7.77. The van der Waals surface area contributed by atoms with E-state index >= 15 is 0 Å². The van der Waals surface area contributed by atoms with Crippen LogP contribution < -0.4 is 15.4 Å². The third-order valence-electron chi connectivity index (χ3n) is 5.41. The Kier molecular flexibility index (Phi) is 5.58. The molecule has 3 amide bonds. The highest BCUT2D eigenvalue weighted by molar-refractivity contribution is 5.98. The molecule has 0 aromatic carbocycles. The number of nitrogens with one attached hydrogen (secondary N) is 2. The largest absolute Gasteiger partial charge is 0.481 e. The van der Waals surface area contributed by atoms with E-state index in [1.165, 1.54) is 14.0 Å². The first-order valence-corrected chi connectivity index (χ1v) is 9.67. The summed E-state index contributed by atoms with van der Waals surface area (Å²) in [4.78, 5) is 43.0. The molecule has 0 radical (unpaired) electrons. The SMILES string of the molecule is COc1nc2c(cc1CNC(=O)C(C)(C)NC(C)=O)C(=O)N(C1CCCC1)C2. The molecule has 1 aromatic rings. The number of nitrogens with zero attached hydrogens (tertiary/aromatic N) is 2. The molecule has 2 aliphatic rings. The second-order valence-electron chi connectivity index (χ2n) is 8.01. The highest BCUT2D eigenvalue weighted by Gasteiger charge is 2.36. The summed E-state index contributed by atoms with van der Waals surface area (Å²) in [7, 11) is 1.52. The van der Waals surface area contributed by atoms with Crippen LogP contribution in [0.15, 0.2) is 6.07 Å². The van der Waals surface area contributed by atoms with Crippen LogP contribution in [0.5, 0.6) is 5.88 Å². The summed E-state index contributed by atoms with van der Waals surface area (Å²) in [6.45, 7) is 5.29. The van der Waals surface area contributed by atoms with Crippen LogP contribution in [0.4, 0.5) is 0 Å². The minimum absolute atomic E-state index is 0.00297. The molecule has 1 aliphatic heterocycles. The lowest BCUT2D eigenvalue weighted by Gasteiger charge is -2.24. The van der Waals surface area contributed by atoms with E-state index < -0.39 is 5.54 Å². The van der Waals surface area contributed by atoms with E-state index in [1.54, 1.807) is 19.9 Å². The third kappa shape index (κ3) is 3.95. The third-order valence-corrected chi connectivity index (χ3v) is 5.41.